The van der Waals surface area contributed by atoms with Crippen molar-refractivity contribution >= 4 is 22.9 Å². The number of nitrogens with one attached hydrogen (secondary N) is 2. The fourth-order valence-corrected chi connectivity index (χ4v) is 2.64. The number of para-hydroxylation sites is 1. The lowest BCUT2D eigenvalue weighted by atomic mass is 10.1. The number of anilines is 1. The van der Waals surface area contributed by atoms with Gasteiger partial charge in [-0.2, -0.15) is 0 Å². The van der Waals surface area contributed by atoms with Crippen molar-refractivity contribution in [2.45, 2.75) is 20.3 Å². The average molecular weight is 307 g/mol. The van der Waals surface area contributed by atoms with Gasteiger partial charge in [0.1, 0.15) is 5.82 Å². The lowest BCUT2D eigenvalue weighted by Crippen LogP contribution is -2.27. The van der Waals surface area contributed by atoms with Gasteiger partial charge >= 0.3 is 0 Å². The number of hydrogen-bond acceptors (Lipinski definition) is 4. The number of carbonyl (C=O) groups excluding carboxylic acids is 1. The molecule has 0 atom stereocenters. The molecule has 1 aromatic heterocycles. The van der Waals surface area contributed by atoms with Crippen molar-refractivity contribution in [3.05, 3.63) is 45.7 Å². The van der Waals surface area contributed by atoms with Crippen LogP contribution in [-0.4, -0.2) is 24.0 Å². The van der Waals surface area contributed by atoms with Gasteiger partial charge in [-0.05, 0) is 26.0 Å². The number of aromatic nitrogens is 1. The number of nitrogens with zero attached hydrogens (tertiary/aromatic N) is 1. The van der Waals surface area contributed by atoms with Gasteiger partial charge in [-0.1, -0.05) is 6.07 Å². The molecule has 6 heteroatoms. The first-order chi connectivity index (χ1) is 10.1. The standard InChI is InChI=1S/C15H18FN3OS/c1-3-17-14-12(5-4-6-13(14)16)15(20)18-8-7-11-9-21-10(2)19-11/h4-6,9,17H,3,7-8H2,1-2H3,(H,18,20). The van der Waals surface area contributed by atoms with E-state index in [2.05, 4.69) is 15.6 Å². The summed E-state index contributed by atoms with van der Waals surface area (Å²) in [4.78, 5) is 16.5. The Hall–Kier alpha value is -1.95. The van der Waals surface area contributed by atoms with Crippen LogP contribution in [0, 0.1) is 12.7 Å². The fourth-order valence-electron chi connectivity index (χ4n) is 1.99. The summed E-state index contributed by atoms with van der Waals surface area (Å²) >= 11 is 1.59. The van der Waals surface area contributed by atoms with Crippen molar-refractivity contribution in [1.29, 1.82) is 0 Å². The predicted octanol–water partition coefficient (Wildman–Crippen LogP) is 2.99. The van der Waals surface area contributed by atoms with E-state index in [1.165, 1.54) is 12.1 Å². The van der Waals surface area contributed by atoms with Crippen LogP contribution in [0.4, 0.5) is 10.1 Å². The van der Waals surface area contributed by atoms with E-state index in [9.17, 15) is 9.18 Å². The Labute approximate surface area is 127 Å². The second kappa shape index (κ2) is 7.17. The monoisotopic (exact) mass is 307 g/mol. The molecule has 0 spiro atoms. The zero-order valence-electron chi connectivity index (χ0n) is 12.1. The van der Waals surface area contributed by atoms with Crippen LogP contribution in [0.15, 0.2) is 23.6 Å². The number of aryl methyl sites for hydroxylation is 1. The molecule has 1 heterocycles. The summed E-state index contributed by atoms with van der Waals surface area (Å²) in [5, 5.41) is 8.68. The zero-order valence-corrected chi connectivity index (χ0v) is 12.9. The molecule has 2 rings (SSSR count). The highest BCUT2D eigenvalue weighted by molar-refractivity contribution is 7.09. The topological polar surface area (TPSA) is 54.0 Å². The Morgan fingerprint density at radius 2 is 2.24 bits per heavy atom. The minimum absolute atomic E-state index is 0.252. The summed E-state index contributed by atoms with van der Waals surface area (Å²) in [5.41, 5.74) is 1.54. The van der Waals surface area contributed by atoms with Crippen LogP contribution in [0.2, 0.25) is 0 Å². The maximum Gasteiger partial charge on any atom is 0.253 e. The number of halogens is 1. The lowest BCUT2D eigenvalue weighted by molar-refractivity contribution is 0.0954. The van der Waals surface area contributed by atoms with E-state index in [1.807, 2.05) is 19.2 Å². The van der Waals surface area contributed by atoms with Crippen LogP contribution in [0.5, 0.6) is 0 Å². The first kappa shape index (κ1) is 15.4. The van der Waals surface area contributed by atoms with E-state index >= 15 is 0 Å². The Morgan fingerprint density at radius 1 is 1.43 bits per heavy atom. The minimum Gasteiger partial charge on any atom is -0.382 e. The molecule has 0 radical (unpaired) electrons. The number of thiazole rings is 1. The maximum absolute atomic E-state index is 13.7. The molecule has 0 unspecified atom stereocenters. The van der Waals surface area contributed by atoms with Gasteiger partial charge in [0.2, 0.25) is 0 Å². The van der Waals surface area contributed by atoms with Crippen molar-refractivity contribution in [3.8, 4) is 0 Å². The number of hydrogen-bond donors (Lipinski definition) is 2. The summed E-state index contributed by atoms with van der Waals surface area (Å²) in [5.74, 6) is -0.697. The highest BCUT2D eigenvalue weighted by atomic mass is 32.1. The van der Waals surface area contributed by atoms with Gasteiger partial charge in [-0.25, -0.2) is 9.37 Å². The van der Waals surface area contributed by atoms with Crippen molar-refractivity contribution in [2.24, 2.45) is 0 Å². The Kier molecular flexibility index (Phi) is 5.27. The minimum atomic E-state index is -0.417. The van der Waals surface area contributed by atoms with E-state index in [0.717, 1.165) is 10.7 Å². The number of carbonyl (C=O) groups is 1. The fraction of sp³-hybridized carbons (Fsp3) is 0.333. The van der Waals surface area contributed by atoms with Gasteiger partial charge in [0, 0.05) is 24.9 Å². The molecule has 4 nitrogen and oxygen atoms in total. The molecule has 0 aliphatic heterocycles. The second-order valence-electron chi connectivity index (χ2n) is 4.56. The van der Waals surface area contributed by atoms with Gasteiger partial charge in [0.05, 0.1) is 22.0 Å². The molecule has 112 valence electrons. The molecule has 2 N–H and O–H groups in total. The zero-order chi connectivity index (χ0) is 15.2. The number of rotatable bonds is 6. The second-order valence-corrected chi connectivity index (χ2v) is 5.62. The molecule has 1 aromatic carbocycles. The van der Waals surface area contributed by atoms with E-state index in [4.69, 9.17) is 0 Å². The predicted molar refractivity (Wildman–Crippen MR) is 83.5 cm³/mol. The van der Waals surface area contributed by atoms with Gasteiger partial charge in [-0.3, -0.25) is 4.79 Å². The highest BCUT2D eigenvalue weighted by Gasteiger charge is 2.14. The van der Waals surface area contributed by atoms with Gasteiger partial charge in [-0.15, -0.1) is 11.3 Å². The molecule has 2 aromatic rings. The molecule has 1 amide bonds. The van der Waals surface area contributed by atoms with E-state index in [1.54, 1.807) is 17.4 Å². The van der Waals surface area contributed by atoms with Crippen LogP contribution in [0.25, 0.3) is 0 Å². The molecule has 0 saturated heterocycles. The summed E-state index contributed by atoms with van der Waals surface area (Å²) in [6, 6.07) is 4.49. The maximum atomic E-state index is 13.7. The molecule has 0 aliphatic carbocycles. The summed E-state index contributed by atoms with van der Waals surface area (Å²) in [6.45, 7) is 4.84. The Bertz CT molecular complexity index is 627. The largest absolute Gasteiger partial charge is 0.382 e. The summed E-state index contributed by atoms with van der Waals surface area (Å²) in [7, 11) is 0. The van der Waals surface area contributed by atoms with Crippen molar-refractivity contribution < 1.29 is 9.18 Å². The van der Waals surface area contributed by atoms with Gasteiger partial charge < -0.3 is 10.6 Å². The van der Waals surface area contributed by atoms with E-state index < -0.39 is 5.82 Å². The van der Waals surface area contributed by atoms with Gasteiger partial charge in [0.25, 0.3) is 5.91 Å². The van der Waals surface area contributed by atoms with Crippen LogP contribution in [0.1, 0.15) is 28.0 Å². The summed E-state index contributed by atoms with van der Waals surface area (Å²) < 4.78 is 13.7. The molecule has 21 heavy (non-hydrogen) atoms. The highest BCUT2D eigenvalue weighted by Crippen LogP contribution is 2.19. The van der Waals surface area contributed by atoms with Crippen LogP contribution in [0.3, 0.4) is 0 Å². The van der Waals surface area contributed by atoms with Crippen molar-refractivity contribution in [1.82, 2.24) is 10.3 Å². The van der Waals surface area contributed by atoms with Gasteiger partial charge in [0.15, 0.2) is 0 Å². The van der Waals surface area contributed by atoms with Crippen molar-refractivity contribution in [2.75, 3.05) is 18.4 Å². The van der Waals surface area contributed by atoms with E-state index in [0.29, 0.717) is 25.1 Å². The Morgan fingerprint density at radius 3 is 2.90 bits per heavy atom. The van der Waals surface area contributed by atoms with E-state index in [-0.39, 0.29) is 11.6 Å². The van der Waals surface area contributed by atoms with Crippen molar-refractivity contribution in [3.63, 3.8) is 0 Å². The van der Waals surface area contributed by atoms with Crippen LogP contribution >= 0.6 is 11.3 Å². The quantitative estimate of drug-likeness (QED) is 0.862. The Balaban J connectivity index is 1.98. The third-order valence-corrected chi connectivity index (χ3v) is 3.77. The van der Waals surface area contributed by atoms with Crippen LogP contribution in [-0.2, 0) is 6.42 Å². The van der Waals surface area contributed by atoms with Crippen LogP contribution < -0.4 is 10.6 Å². The first-order valence-corrected chi connectivity index (χ1v) is 7.71. The average Bonchev–Trinajstić information content (AvgIpc) is 2.87. The molecular weight excluding hydrogens is 289 g/mol. The molecule has 0 bridgehead atoms. The number of amides is 1. The lowest BCUT2D eigenvalue weighted by Gasteiger charge is -2.11. The smallest absolute Gasteiger partial charge is 0.253 e. The molecule has 0 aliphatic rings. The number of benzene rings is 1. The SMILES string of the molecule is CCNc1c(F)cccc1C(=O)NCCc1csc(C)n1. The third-order valence-electron chi connectivity index (χ3n) is 2.95. The third kappa shape index (κ3) is 4.01. The first-order valence-electron chi connectivity index (χ1n) is 6.83. The molecule has 0 fully saturated rings. The molecular formula is C15H18FN3OS. The normalized spacial score (nSPS) is 10.4. The summed E-state index contributed by atoms with van der Waals surface area (Å²) in [6.07, 6.45) is 0.669. The molecule has 0 saturated carbocycles.